The van der Waals surface area contributed by atoms with Gasteiger partial charge in [-0.3, -0.25) is 9.59 Å². The third kappa shape index (κ3) is 7.75. The first-order valence-corrected chi connectivity index (χ1v) is 13.4. The van der Waals surface area contributed by atoms with Gasteiger partial charge < -0.3 is 14.9 Å². The number of aliphatic hydroxyl groups is 2. The Morgan fingerprint density at radius 1 is 1.19 bits per heavy atom. The molecule has 0 bridgehead atoms. The molecule has 1 aliphatic carbocycles. The number of allylic oxidation sites excluding steroid dienone is 2. The summed E-state index contributed by atoms with van der Waals surface area (Å²) in [5.41, 5.74) is 3.09. The summed E-state index contributed by atoms with van der Waals surface area (Å²) in [5.74, 6) is -1.60. The van der Waals surface area contributed by atoms with Crippen molar-refractivity contribution in [2.45, 2.75) is 92.0 Å². The molecule has 0 aliphatic heterocycles. The molecular weight excluding hydrogens is 464 g/mol. The lowest BCUT2D eigenvalue weighted by Gasteiger charge is -2.34. The van der Waals surface area contributed by atoms with Crippen molar-refractivity contribution in [1.29, 1.82) is 0 Å². The molecule has 0 saturated heterocycles. The van der Waals surface area contributed by atoms with Crippen molar-refractivity contribution < 1.29 is 24.5 Å². The number of carbonyl (C=O) groups excluding carboxylic acids is 2. The van der Waals surface area contributed by atoms with Crippen molar-refractivity contribution in [3.8, 4) is 0 Å². The van der Waals surface area contributed by atoms with Gasteiger partial charge in [0.15, 0.2) is 0 Å². The van der Waals surface area contributed by atoms with E-state index in [1.165, 1.54) is 0 Å². The molecule has 2 rings (SSSR count). The lowest BCUT2D eigenvalue weighted by Crippen LogP contribution is -2.45. The summed E-state index contributed by atoms with van der Waals surface area (Å²) in [5, 5.41) is 21.7. The molecular formula is C32H46O5. The summed E-state index contributed by atoms with van der Waals surface area (Å²) in [6.45, 7) is 18.7. The molecule has 0 amide bonds. The number of ketones is 1. The van der Waals surface area contributed by atoms with Crippen molar-refractivity contribution >= 4 is 17.3 Å². The first-order valence-electron chi connectivity index (χ1n) is 13.4. The molecule has 37 heavy (non-hydrogen) atoms. The zero-order valence-electron chi connectivity index (χ0n) is 23.5. The highest BCUT2D eigenvalue weighted by Crippen LogP contribution is 2.40. The zero-order valence-corrected chi connectivity index (χ0v) is 23.5. The van der Waals surface area contributed by atoms with E-state index in [2.05, 4.69) is 13.2 Å². The minimum absolute atomic E-state index is 0.0486. The second-order valence-corrected chi connectivity index (χ2v) is 11.5. The fourth-order valence-corrected chi connectivity index (χ4v) is 5.26. The lowest BCUT2D eigenvalue weighted by atomic mass is 9.73. The number of hydrogen-bond acceptors (Lipinski definition) is 5. The van der Waals surface area contributed by atoms with Gasteiger partial charge in [0.1, 0.15) is 11.9 Å². The van der Waals surface area contributed by atoms with Crippen LogP contribution in [0, 0.1) is 23.2 Å². The van der Waals surface area contributed by atoms with Crippen LogP contribution in [0.25, 0.3) is 5.57 Å². The van der Waals surface area contributed by atoms with Crippen LogP contribution in [0.5, 0.6) is 0 Å². The summed E-state index contributed by atoms with van der Waals surface area (Å²) >= 11 is 0. The van der Waals surface area contributed by atoms with Gasteiger partial charge in [-0.05, 0) is 62.2 Å². The Morgan fingerprint density at radius 2 is 1.81 bits per heavy atom. The molecule has 1 aliphatic rings. The van der Waals surface area contributed by atoms with Crippen LogP contribution in [0.15, 0.2) is 60.7 Å². The SMILES string of the molecule is C=C[C@@H]1CC(c2ccccc2)=C(C)[C@H]1OC(=O)C[C@H](O)C(C)(C)C(=O)[C@H](C)[C@@H](O)[C@@H](C)CCCC(=C)C. The van der Waals surface area contributed by atoms with Crippen LogP contribution in [0.3, 0.4) is 0 Å². The summed E-state index contributed by atoms with van der Waals surface area (Å²) in [7, 11) is 0. The van der Waals surface area contributed by atoms with Crippen molar-refractivity contribution in [2.24, 2.45) is 23.2 Å². The normalized spacial score (nSPS) is 21.2. The number of Topliss-reactive ketones (excluding diaryl/α,β-unsaturated/α-hetero) is 1. The van der Waals surface area contributed by atoms with Crippen molar-refractivity contribution in [2.75, 3.05) is 0 Å². The van der Waals surface area contributed by atoms with Crippen LogP contribution in [0.2, 0.25) is 0 Å². The number of carbonyl (C=O) groups is 2. The van der Waals surface area contributed by atoms with Crippen molar-refractivity contribution in [1.82, 2.24) is 0 Å². The van der Waals surface area contributed by atoms with Gasteiger partial charge in [0.25, 0.3) is 0 Å². The average molecular weight is 511 g/mol. The maximum absolute atomic E-state index is 13.3. The molecule has 0 radical (unpaired) electrons. The lowest BCUT2D eigenvalue weighted by molar-refractivity contribution is -0.155. The molecule has 0 saturated carbocycles. The van der Waals surface area contributed by atoms with Gasteiger partial charge in [-0.25, -0.2) is 0 Å². The van der Waals surface area contributed by atoms with Crippen LogP contribution in [-0.4, -0.2) is 40.3 Å². The Morgan fingerprint density at radius 3 is 2.38 bits per heavy atom. The number of aliphatic hydroxyl groups excluding tert-OH is 2. The highest BCUT2D eigenvalue weighted by molar-refractivity contribution is 5.88. The van der Waals surface area contributed by atoms with E-state index >= 15 is 0 Å². The second-order valence-electron chi connectivity index (χ2n) is 11.5. The standard InChI is InChI=1S/C32H46O5/c1-9-24-18-26(25-16-11-10-12-17-25)22(5)30(24)37-28(34)19-27(33)32(7,8)31(36)23(6)29(35)21(4)15-13-14-20(2)3/h9-12,16-17,21,23-24,27,29-30,33,35H,1-2,13-15,18-19H2,3-8H3/t21-,23+,24+,27-,29-,30+/m0/s1. The highest BCUT2D eigenvalue weighted by Gasteiger charge is 2.43. The van der Waals surface area contributed by atoms with Crippen LogP contribution >= 0.6 is 0 Å². The van der Waals surface area contributed by atoms with Gasteiger partial charge in [0.05, 0.1) is 24.0 Å². The van der Waals surface area contributed by atoms with Gasteiger partial charge in [-0.2, -0.15) is 0 Å². The topological polar surface area (TPSA) is 83.8 Å². The van der Waals surface area contributed by atoms with Gasteiger partial charge >= 0.3 is 5.97 Å². The van der Waals surface area contributed by atoms with E-state index in [0.29, 0.717) is 0 Å². The molecule has 204 valence electrons. The minimum Gasteiger partial charge on any atom is -0.457 e. The Hall–Kier alpha value is -2.50. The smallest absolute Gasteiger partial charge is 0.309 e. The molecule has 0 aromatic heterocycles. The van der Waals surface area contributed by atoms with Gasteiger partial charge in [0, 0.05) is 11.8 Å². The quantitative estimate of drug-likeness (QED) is 0.227. The predicted molar refractivity (Wildman–Crippen MR) is 150 cm³/mol. The van der Waals surface area contributed by atoms with E-state index in [9.17, 15) is 19.8 Å². The highest BCUT2D eigenvalue weighted by atomic mass is 16.5. The van der Waals surface area contributed by atoms with E-state index in [4.69, 9.17) is 4.74 Å². The van der Waals surface area contributed by atoms with Gasteiger partial charge in [-0.15, -0.1) is 13.2 Å². The first kappa shape index (κ1) is 30.7. The fourth-order valence-electron chi connectivity index (χ4n) is 5.26. The first-order chi connectivity index (χ1) is 17.3. The molecule has 5 nitrogen and oxygen atoms in total. The number of benzene rings is 1. The van der Waals surface area contributed by atoms with E-state index < -0.39 is 35.6 Å². The molecule has 2 N–H and O–H groups in total. The Balaban J connectivity index is 2.03. The molecule has 1 aromatic carbocycles. The van der Waals surface area contributed by atoms with Gasteiger partial charge in [-0.1, -0.05) is 69.7 Å². The molecule has 5 heteroatoms. The largest absolute Gasteiger partial charge is 0.457 e. The summed E-state index contributed by atoms with van der Waals surface area (Å²) < 4.78 is 5.84. The van der Waals surface area contributed by atoms with Crippen molar-refractivity contribution in [3.63, 3.8) is 0 Å². The number of hydrogen-bond donors (Lipinski definition) is 2. The number of rotatable bonds is 14. The average Bonchev–Trinajstić information content (AvgIpc) is 3.17. The predicted octanol–water partition coefficient (Wildman–Crippen LogP) is 6.30. The van der Waals surface area contributed by atoms with Crippen molar-refractivity contribution in [3.05, 3.63) is 66.3 Å². The Labute approximate surface area is 223 Å². The minimum atomic E-state index is -1.23. The van der Waals surface area contributed by atoms with E-state index in [1.807, 2.05) is 57.2 Å². The third-order valence-electron chi connectivity index (χ3n) is 8.01. The van der Waals surface area contributed by atoms with Gasteiger partial charge in [0.2, 0.25) is 0 Å². The van der Waals surface area contributed by atoms with Crippen LogP contribution in [0.4, 0.5) is 0 Å². The van der Waals surface area contributed by atoms with Crippen LogP contribution in [-0.2, 0) is 14.3 Å². The maximum Gasteiger partial charge on any atom is 0.309 e. The number of esters is 1. The zero-order chi connectivity index (χ0) is 27.9. The molecule has 0 unspecified atom stereocenters. The summed E-state index contributed by atoms with van der Waals surface area (Å²) in [6, 6.07) is 10.0. The molecule has 0 fully saturated rings. The summed E-state index contributed by atoms with van der Waals surface area (Å²) in [4.78, 5) is 26.2. The maximum atomic E-state index is 13.3. The molecule has 6 atom stereocenters. The van der Waals surface area contributed by atoms with Crippen LogP contribution < -0.4 is 0 Å². The third-order valence-corrected chi connectivity index (χ3v) is 8.01. The van der Waals surface area contributed by atoms with E-state index in [1.54, 1.807) is 20.8 Å². The second kappa shape index (κ2) is 13.3. The molecule has 0 heterocycles. The Kier molecular flexibility index (Phi) is 11.1. The van der Waals surface area contributed by atoms with E-state index in [-0.39, 0.29) is 24.0 Å². The monoisotopic (exact) mass is 510 g/mol. The molecule has 1 aromatic rings. The Bertz CT molecular complexity index is 990. The summed E-state index contributed by atoms with van der Waals surface area (Å²) in [6.07, 6.45) is 2.29. The van der Waals surface area contributed by atoms with E-state index in [0.717, 1.165) is 48.0 Å². The van der Waals surface area contributed by atoms with Crippen LogP contribution in [0.1, 0.15) is 79.2 Å². The number of ether oxygens (including phenoxy) is 1. The fraction of sp³-hybridized carbons (Fsp3) is 0.562. The molecule has 0 spiro atoms.